The van der Waals surface area contributed by atoms with E-state index in [1.54, 1.807) is 22.0 Å². The summed E-state index contributed by atoms with van der Waals surface area (Å²) in [6.45, 7) is 0. The maximum Gasteiger partial charge on any atom is 0.253 e. The Labute approximate surface area is 158 Å². The molecule has 4 aromatic rings. The molecule has 2 N–H and O–H groups in total. The van der Waals surface area contributed by atoms with Crippen LogP contribution >= 0.6 is 23.1 Å². The van der Waals surface area contributed by atoms with Crippen LogP contribution in [0.2, 0.25) is 0 Å². The maximum atomic E-state index is 6.31. The van der Waals surface area contributed by atoms with Gasteiger partial charge in [0.1, 0.15) is 16.5 Å². The molecule has 9 heteroatoms. The highest BCUT2D eigenvalue weighted by molar-refractivity contribution is 7.98. The van der Waals surface area contributed by atoms with Crippen LogP contribution in [0.15, 0.2) is 23.6 Å². The van der Waals surface area contributed by atoms with Gasteiger partial charge in [0.15, 0.2) is 0 Å². The van der Waals surface area contributed by atoms with E-state index >= 15 is 0 Å². The van der Waals surface area contributed by atoms with Gasteiger partial charge in [-0.05, 0) is 37.3 Å². The summed E-state index contributed by atoms with van der Waals surface area (Å²) in [5.41, 5.74) is 7.69. The number of thioether (sulfide) groups is 1. The van der Waals surface area contributed by atoms with Gasteiger partial charge in [0.2, 0.25) is 5.16 Å². The van der Waals surface area contributed by atoms with Crippen molar-refractivity contribution in [1.82, 2.24) is 29.5 Å². The molecular weight excluding hydrogens is 366 g/mol. The third-order valence-corrected chi connectivity index (χ3v) is 6.59. The average Bonchev–Trinajstić information content (AvgIpc) is 3.14. The van der Waals surface area contributed by atoms with Crippen molar-refractivity contribution in [3.05, 3.63) is 34.7 Å². The topological polar surface area (TPSA) is 94.9 Å². The van der Waals surface area contributed by atoms with Crippen molar-refractivity contribution in [2.24, 2.45) is 0 Å². The van der Waals surface area contributed by atoms with Crippen LogP contribution < -0.4 is 5.73 Å². The van der Waals surface area contributed by atoms with E-state index in [2.05, 4.69) is 20.1 Å². The van der Waals surface area contributed by atoms with E-state index < -0.39 is 0 Å². The summed E-state index contributed by atoms with van der Waals surface area (Å²) in [6, 6.07) is 1.83. The number of nitrogens with two attached hydrogens (primary N) is 1. The van der Waals surface area contributed by atoms with Gasteiger partial charge in [-0.25, -0.2) is 19.5 Å². The molecule has 4 aromatic heterocycles. The molecule has 0 aromatic carbocycles. The molecule has 0 radical (unpaired) electrons. The number of anilines is 1. The van der Waals surface area contributed by atoms with Crippen molar-refractivity contribution >= 4 is 44.9 Å². The molecule has 1 aliphatic rings. The molecule has 0 saturated carbocycles. The lowest BCUT2D eigenvalue weighted by molar-refractivity contribution is 0.713. The number of aryl methyl sites for hydroxylation is 2. The SMILES string of the molecule is Nc1nc(CSc2nc3ncccn3n2)nc2sc3c(c12)CCCCC3. The molecule has 132 valence electrons. The Balaban J connectivity index is 1.44. The highest BCUT2D eigenvalue weighted by Crippen LogP contribution is 2.37. The molecule has 1 aliphatic carbocycles. The summed E-state index contributed by atoms with van der Waals surface area (Å²) in [7, 11) is 0. The number of thiophene rings is 1. The summed E-state index contributed by atoms with van der Waals surface area (Å²) in [5.74, 6) is 2.50. The Kier molecular flexibility index (Phi) is 3.97. The zero-order valence-electron chi connectivity index (χ0n) is 14.1. The van der Waals surface area contributed by atoms with Gasteiger partial charge in [-0.1, -0.05) is 18.2 Å². The molecule has 7 nitrogen and oxygen atoms in total. The predicted molar refractivity (Wildman–Crippen MR) is 103 cm³/mol. The lowest BCUT2D eigenvalue weighted by Crippen LogP contribution is -2.00. The second kappa shape index (κ2) is 6.48. The Morgan fingerprint density at radius 2 is 2.08 bits per heavy atom. The third-order valence-electron chi connectivity index (χ3n) is 4.57. The molecule has 26 heavy (non-hydrogen) atoms. The molecular formula is C17H17N7S2. The molecule has 0 spiro atoms. The first-order chi connectivity index (χ1) is 12.8. The summed E-state index contributed by atoms with van der Waals surface area (Å²) in [4.78, 5) is 20.4. The monoisotopic (exact) mass is 383 g/mol. The van der Waals surface area contributed by atoms with Gasteiger partial charge >= 0.3 is 0 Å². The van der Waals surface area contributed by atoms with Crippen LogP contribution in [0, 0.1) is 0 Å². The number of hydrogen-bond donors (Lipinski definition) is 1. The van der Waals surface area contributed by atoms with Crippen LogP contribution in [0.4, 0.5) is 5.82 Å². The van der Waals surface area contributed by atoms with Gasteiger partial charge in [-0.3, -0.25) is 0 Å². The van der Waals surface area contributed by atoms with Crippen LogP contribution in [0.5, 0.6) is 0 Å². The van der Waals surface area contributed by atoms with Crippen molar-refractivity contribution in [3.63, 3.8) is 0 Å². The van der Waals surface area contributed by atoms with E-state index in [-0.39, 0.29) is 0 Å². The largest absolute Gasteiger partial charge is 0.383 e. The van der Waals surface area contributed by atoms with Crippen molar-refractivity contribution in [2.45, 2.75) is 43.0 Å². The lowest BCUT2D eigenvalue weighted by atomic mass is 10.1. The number of aromatic nitrogens is 6. The molecule has 0 bridgehead atoms. The summed E-state index contributed by atoms with van der Waals surface area (Å²) in [6.07, 6.45) is 9.54. The minimum Gasteiger partial charge on any atom is -0.383 e. The number of fused-ring (bicyclic) bond motifs is 4. The Morgan fingerprint density at radius 3 is 3.00 bits per heavy atom. The van der Waals surface area contributed by atoms with E-state index in [1.807, 2.05) is 12.3 Å². The first kappa shape index (κ1) is 16.0. The third kappa shape index (κ3) is 2.80. The first-order valence-electron chi connectivity index (χ1n) is 8.65. The number of hydrogen-bond acceptors (Lipinski definition) is 8. The summed E-state index contributed by atoms with van der Waals surface area (Å²) >= 11 is 3.28. The van der Waals surface area contributed by atoms with Gasteiger partial charge in [-0.15, -0.1) is 16.4 Å². The first-order valence-corrected chi connectivity index (χ1v) is 10.4. The normalized spacial score (nSPS) is 14.6. The van der Waals surface area contributed by atoms with Gasteiger partial charge in [0.05, 0.1) is 11.1 Å². The highest BCUT2D eigenvalue weighted by atomic mass is 32.2. The fraction of sp³-hybridized carbons (Fsp3) is 0.353. The number of rotatable bonds is 3. The van der Waals surface area contributed by atoms with Crippen molar-refractivity contribution < 1.29 is 0 Å². The molecule has 0 aliphatic heterocycles. The molecule has 0 fully saturated rings. The van der Waals surface area contributed by atoms with E-state index in [9.17, 15) is 0 Å². The fourth-order valence-corrected chi connectivity index (χ4v) is 5.34. The second-order valence-electron chi connectivity index (χ2n) is 6.32. The van der Waals surface area contributed by atoms with Crippen molar-refractivity contribution in [2.75, 3.05) is 5.73 Å². The van der Waals surface area contributed by atoms with E-state index in [0.717, 1.165) is 28.9 Å². The van der Waals surface area contributed by atoms with Crippen LogP contribution in [0.1, 0.15) is 35.5 Å². The molecule has 4 heterocycles. The van der Waals surface area contributed by atoms with Crippen molar-refractivity contribution in [3.8, 4) is 0 Å². The Bertz CT molecular complexity index is 1070. The van der Waals surface area contributed by atoms with Crippen LogP contribution in [-0.4, -0.2) is 29.5 Å². The zero-order chi connectivity index (χ0) is 17.5. The van der Waals surface area contributed by atoms with Gasteiger partial charge < -0.3 is 5.73 Å². The quantitative estimate of drug-likeness (QED) is 0.428. The molecule has 0 saturated heterocycles. The maximum absolute atomic E-state index is 6.31. The van der Waals surface area contributed by atoms with E-state index in [4.69, 9.17) is 10.7 Å². The smallest absolute Gasteiger partial charge is 0.253 e. The zero-order valence-corrected chi connectivity index (χ0v) is 15.7. The van der Waals surface area contributed by atoms with Gasteiger partial charge in [-0.2, -0.15) is 4.98 Å². The van der Waals surface area contributed by atoms with Crippen LogP contribution in [-0.2, 0) is 18.6 Å². The molecule has 5 rings (SSSR count). The van der Waals surface area contributed by atoms with Gasteiger partial charge in [0, 0.05) is 17.3 Å². The minimum atomic E-state index is 0.583. The second-order valence-corrected chi connectivity index (χ2v) is 8.34. The Morgan fingerprint density at radius 1 is 1.15 bits per heavy atom. The van der Waals surface area contributed by atoms with E-state index in [1.165, 1.54) is 41.5 Å². The minimum absolute atomic E-state index is 0.583. The lowest BCUT2D eigenvalue weighted by Gasteiger charge is -2.03. The number of nitrogens with zero attached hydrogens (tertiary/aromatic N) is 6. The summed E-state index contributed by atoms with van der Waals surface area (Å²) in [5, 5.41) is 6.14. The van der Waals surface area contributed by atoms with Crippen LogP contribution in [0.25, 0.3) is 16.0 Å². The summed E-state index contributed by atoms with van der Waals surface area (Å²) < 4.78 is 1.66. The Hall–Kier alpha value is -2.26. The molecule has 0 atom stereocenters. The van der Waals surface area contributed by atoms with Crippen molar-refractivity contribution in [1.29, 1.82) is 0 Å². The molecule has 0 amide bonds. The average molecular weight is 384 g/mol. The highest BCUT2D eigenvalue weighted by Gasteiger charge is 2.19. The van der Waals surface area contributed by atoms with E-state index in [0.29, 0.717) is 22.5 Å². The van der Waals surface area contributed by atoms with Crippen LogP contribution in [0.3, 0.4) is 0 Å². The predicted octanol–water partition coefficient (Wildman–Crippen LogP) is 3.27. The van der Waals surface area contributed by atoms with Gasteiger partial charge in [0.25, 0.3) is 5.78 Å². The standard InChI is InChI=1S/C17H17N7S2/c18-14-13-10-5-2-1-3-6-11(10)26-15(13)21-12(20-14)9-25-17-22-16-19-7-4-8-24(16)23-17/h4,7-8H,1-3,5-6,9H2,(H2,18,20,21). The fourth-order valence-electron chi connectivity index (χ4n) is 3.38. The number of nitrogen functional groups attached to an aromatic ring is 1. The molecule has 0 unspecified atom stereocenters.